The number of piperidine rings is 1. The summed E-state index contributed by atoms with van der Waals surface area (Å²) in [6.45, 7) is 8.41. The second-order valence-corrected chi connectivity index (χ2v) is 6.05. The molecule has 6 heteroatoms. The van der Waals surface area contributed by atoms with Crippen LogP contribution in [0.25, 0.3) is 0 Å². The smallest absolute Gasteiger partial charge is 0.265 e. The monoisotopic (exact) mass is 303 g/mol. The summed E-state index contributed by atoms with van der Waals surface area (Å²) >= 11 is 0. The van der Waals surface area contributed by atoms with Crippen LogP contribution in [0.1, 0.15) is 31.2 Å². The van der Waals surface area contributed by atoms with E-state index in [-0.39, 0.29) is 5.91 Å². The van der Waals surface area contributed by atoms with Crippen LogP contribution in [0.3, 0.4) is 0 Å². The number of aromatic nitrogens is 2. The fourth-order valence-corrected chi connectivity index (χ4v) is 2.60. The van der Waals surface area contributed by atoms with Gasteiger partial charge < -0.3 is 10.2 Å². The number of carbonyl (C=O) groups is 1. The van der Waals surface area contributed by atoms with Crippen LogP contribution in [0, 0.1) is 19.8 Å². The summed E-state index contributed by atoms with van der Waals surface area (Å²) in [5, 5.41) is 3.00. The molecule has 0 bridgehead atoms. The molecule has 0 spiro atoms. The maximum Gasteiger partial charge on any atom is 0.265 e. The molecule has 1 aromatic rings. The molecule has 0 unspecified atom stereocenters. The maximum absolute atomic E-state index is 12.2. The van der Waals surface area contributed by atoms with Gasteiger partial charge in [0.15, 0.2) is 0 Å². The standard InChI is InChI=1S/C16H25N5O/c1-11-15(12(2)19-10-18-11)20-13(3)16(22)17-9-14-5-7-21(4)8-6-14/h10,14H,5-9H2,1-4H3,(H,17,22). The highest BCUT2D eigenvalue weighted by Crippen LogP contribution is 2.19. The van der Waals surface area contributed by atoms with Gasteiger partial charge in [0, 0.05) is 6.54 Å². The van der Waals surface area contributed by atoms with Crippen molar-refractivity contribution in [1.82, 2.24) is 20.2 Å². The van der Waals surface area contributed by atoms with E-state index in [1.54, 1.807) is 6.92 Å². The molecule has 1 N–H and O–H groups in total. The maximum atomic E-state index is 12.2. The van der Waals surface area contributed by atoms with Crippen LogP contribution >= 0.6 is 0 Å². The molecule has 120 valence electrons. The average molecular weight is 303 g/mol. The summed E-state index contributed by atoms with van der Waals surface area (Å²) < 4.78 is 0. The third kappa shape index (κ3) is 4.34. The van der Waals surface area contributed by atoms with E-state index in [0.29, 0.717) is 17.3 Å². The summed E-state index contributed by atoms with van der Waals surface area (Å²) in [5.41, 5.74) is 2.72. The van der Waals surface area contributed by atoms with Gasteiger partial charge in [0.25, 0.3) is 5.91 Å². The zero-order chi connectivity index (χ0) is 16.1. The second-order valence-electron chi connectivity index (χ2n) is 6.05. The van der Waals surface area contributed by atoms with Gasteiger partial charge in [-0.2, -0.15) is 0 Å². The summed E-state index contributed by atoms with van der Waals surface area (Å²) in [6.07, 6.45) is 3.79. The average Bonchev–Trinajstić information content (AvgIpc) is 2.50. The molecule has 0 radical (unpaired) electrons. The molecule has 0 aromatic carbocycles. The highest BCUT2D eigenvalue weighted by molar-refractivity contribution is 6.38. The van der Waals surface area contributed by atoms with Crippen molar-refractivity contribution in [3.63, 3.8) is 0 Å². The van der Waals surface area contributed by atoms with Crippen LogP contribution in [-0.4, -0.2) is 53.2 Å². The fourth-order valence-electron chi connectivity index (χ4n) is 2.60. The first kappa shape index (κ1) is 16.5. The Balaban J connectivity index is 1.93. The lowest BCUT2D eigenvalue weighted by Gasteiger charge is -2.28. The van der Waals surface area contributed by atoms with Crippen LogP contribution < -0.4 is 5.32 Å². The molecule has 1 amide bonds. The fraction of sp³-hybridized carbons (Fsp3) is 0.625. The van der Waals surface area contributed by atoms with Gasteiger partial charge in [-0.25, -0.2) is 15.0 Å². The van der Waals surface area contributed by atoms with Crippen molar-refractivity contribution in [2.45, 2.75) is 33.6 Å². The number of rotatable bonds is 4. The van der Waals surface area contributed by atoms with Gasteiger partial charge in [-0.3, -0.25) is 4.79 Å². The minimum atomic E-state index is -0.110. The number of hydrogen-bond donors (Lipinski definition) is 1. The Morgan fingerprint density at radius 3 is 2.50 bits per heavy atom. The van der Waals surface area contributed by atoms with Crippen molar-refractivity contribution in [3.8, 4) is 0 Å². The Morgan fingerprint density at radius 2 is 1.91 bits per heavy atom. The van der Waals surface area contributed by atoms with Crippen molar-refractivity contribution in [2.24, 2.45) is 10.9 Å². The Labute approximate surface area is 132 Å². The minimum Gasteiger partial charge on any atom is -0.351 e. The molecule has 22 heavy (non-hydrogen) atoms. The van der Waals surface area contributed by atoms with E-state index in [9.17, 15) is 4.79 Å². The van der Waals surface area contributed by atoms with Gasteiger partial charge in [-0.05, 0) is 59.7 Å². The SMILES string of the molecule is CC(=Nc1c(C)ncnc1C)C(=O)NCC1CCN(C)CC1. The molecule has 1 aliphatic rings. The number of nitrogens with one attached hydrogen (secondary N) is 1. The first-order valence-corrected chi connectivity index (χ1v) is 7.77. The Hall–Kier alpha value is -1.82. The predicted molar refractivity (Wildman–Crippen MR) is 87.5 cm³/mol. The lowest BCUT2D eigenvalue weighted by molar-refractivity contribution is -0.115. The van der Waals surface area contributed by atoms with Crippen molar-refractivity contribution in [3.05, 3.63) is 17.7 Å². The molecule has 2 rings (SSSR count). The van der Waals surface area contributed by atoms with Gasteiger partial charge in [-0.1, -0.05) is 0 Å². The van der Waals surface area contributed by atoms with E-state index >= 15 is 0 Å². The number of likely N-dealkylation sites (tertiary alicyclic amines) is 1. The number of hydrogen-bond acceptors (Lipinski definition) is 5. The Morgan fingerprint density at radius 1 is 1.32 bits per heavy atom. The van der Waals surface area contributed by atoms with Gasteiger partial charge >= 0.3 is 0 Å². The van der Waals surface area contributed by atoms with E-state index in [1.165, 1.54) is 6.33 Å². The lowest BCUT2D eigenvalue weighted by atomic mass is 9.97. The van der Waals surface area contributed by atoms with Crippen molar-refractivity contribution >= 4 is 17.3 Å². The highest BCUT2D eigenvalue weighted by Gasteiger charge is 2.18. The van der Waals surface area contributed by atoms with Crippen molar-refractivity contribution in [2.75, 3.05) is 26.7 Å². The van der Waals surface area contributed by atoms with E-state index < -0.39 is 0 Å². The quantitative estimate of drug-likeness (QED) is 0.859. The summed E-state index contributed by atoms with van der Waals surface area (Å²) in [5.74, 6) is 0.457. The van der Waals surface area contributed by atoms with E-state index in [0.717, 1.165) is 43.9 Å². The molecule has 0 atom stereocenters. The topological polar surface area (TPSA) is 70.5 Å². The van der Waals surface area contributed by atoms with Gasteiger partial charge in [0.05, 0.1) is 11.4 Å². The van der Waals surface area contributed by atoms with Crippen LogP contribution in [0.2, 0.25) is 0 Å². The predicted octanol–water partition coefficient (Wildman–Crippen LogP) is 1.64. The summed E-state index contributed by atoms with van der Waals surface area (Å²) in [4.78, 5) is 27.2. The third-order valence-electron chi connectivity index (χ3n) is 4.19. The molecule has 0 saturated carbocycles. The molecular weight excluding hydrogens is 278 g/mol. The van der Waals surface area contributed by atoms with Crippen molar-refractivity contribution < 1.29 is 4.79 Å². The van der Waals surface area contributed by atoms with Gasteiger partial charge in [-0.15, -0.1) is 0 Å². The molecule has 1 aromatic heterocycles. The molecule has 0 aliphatic carbocycles. The molecule has 1 saturated heterocycles. The van der Waals surface area contributed by atoms with Gasteiger partial charge in [0.2, 0.25) is 0 Å². The summed E-state index contributed by atoms with van der Waals surface area (Å²) in [7, 11) is 2.14. The molecular formula is C16H25N5O. The molecule has 6 nitrogen and oxygen atoms in total. The largest absolute Gasteiger partial charge is 0.351 e. The summed E-state index contributed by atoms with van der Waals surface area (Å²) in [6, 6.07) is 0. The highest BCUT2D eigenvalue weighted by atomic mass is 16.1. The Kier molecular flexibility index (Phi) is 5.60. The number of aliphatic imine (C=N–C) groups is 1. The molecule has 1 fully saturated rings. The third-order valence-corrected chi connectivity index (χ3v) is 4.19. The normalized spacial score (nSPS) is 17.5. The number of carbonyl (C=O) groups excluding carboxylic acids is 1. The van der Waals surface area contributed by atoms with Crippen LogP contribution in [-0.2, 0) is 4.79 Å². The number of aryl methyl sites for hydroxylation is 2. The number of nitrogens with zero attached hydrogens (tertiary/aromatic N) is 4. The molecule has 1 aliphatic heterocycles. The first-order chi connectivity index (χ1) is 10.5. The number of amides is 1. The first-order valence-electron chi connectivity index (χ1n) is 7.77. The van der Waals surface area contributed by atoms with Crippen molar-refractivity contribution in [1.29, 1.82) is 0 Å². The van der Waals surface area contributed by atoms with Crippen LogP contribution in [0.4, 0.5) is 5.69 Å². The van der Waals surface area contributed by atoms with Gasteiger partial charge in [0.1, 0.15) is 17.7 Å². The lowest BCUT2D eigenvalue weighted by Crippen LogP contribution is -2.38. The zero-order valence-corrected chi connectivity index (χ0v) is 13.9. The van der Waals surface area contributed by atoms with Crippen LogP contribution in [0.5, 0.6) is 0 Å². The zero-order valence-electron chi connectivity index (χ0n) is 13.9. The van der Waals surface area contributed by atoms with E-state index in [1.807, 2.05) is 13.8 Å². The minimum absolute atomic E-state index is 0.110. The second kappa shape index (κ2) is 7.45. The van der Waals surface area contributed by atoms with Crippen LogP contribution in [0.15, 0.2) is 11.3 Å². The van der Waals surface area contributed by atoms with E-state index in [2.05, 4.69) is 32.2 Å². The Bertz CT molecular complexity index is 541. The molecule has 2 heterocycles. The van der Waals surface area contributed by atoms with E-state index in [4.69, 9.17) is 0 Å².